The first-order chi connectivity index (χ1) is 14.0. The van der Waals surface area contributed by atoms with Crippen molar-refractivity contribution in [3.05, 3.63) is 69.8 Å². The van der Waals surface area contributed by atoms with E-state index < -0.39 is 0 Å². The number of amides is 1. The highest BCUT2D eigenvalue weighted by molar-refractivity contribution is 5.94. The number of hydrogen-bond donors (Lipinski definition) is 1. The molecule has 3 rings (SSSR count). The minimum Gasteiger partial charge on any atom is -0.285 e. The molecule has 6 nitrogen and oxygen atoms in total. The number of hydrazine groups is 1. The number of piperidine rings is 1. The van der Waals surface area contributed by atoms with E-state index in [9.17, 15) is 14.9 Å². The molecule has 0 radical (unpaired) electrons. The van der Waals surface area contributed by atoms with E-state index in [4.69, 9.17) is 0 Å². The molecule has 2 aromatic rings. The molecule has 1 heterocycles. The van der Waals surface area contributed by atoms with Crippen molar-refractivity contribution in [2.45, 2.75) is 39.0 Å². The SMILES string of the molecule is CC(C)c1ccccc1-c1c(/C=C/C(=O)NN2CCCCC2)cccc1[N+](=O)[O-]. The Hall–Kier alpha value is -2.99. The van der Waals surface area contributed by atoms with Crippen LogP contribution in [-0.2, 0) is 4.79 Å². The third kappa shape index (κ3) is 5.09. The Morgan fingerprint density at radius 1 is 1.10 bits per heavy atom. The van der Waals surface area contributed by atoms with Crippen LogP contribution in [0.2, 0.25) is 0 Å². The summed E-state index contributed by atoms with van der Waals surface area (Å²) in [6.07, 6.45) is 6.46. The average molecular weight is 393 g/mol. The first kappa shape index (κ1) is 20.7. The Bertz CT molecular complexity index is 915. The van der Waals surface area contributed by atoms with Gasteiger partial charge in [0.1, 0.15) is 0 Å². The summed E-state index contributed by atoms with van der Waals surface area (Å²) in [5, 5.41) is 13.7. The van der Waals surface area contributed by atoms with Gasteiger partial charge >= 0.3 is 0 Å². The van der Waals surface area contributed by atoms with Gasteiger partial charge in [0.15, 0.2) is 0 Å². The maximum atomic E-state index is 12.4. The van der Waals surface area contributed by atoms with E-state index >= 15 is 0 Å². The zero-order valence-corrected chi connectivity index (χ0v) is 16.9. The van der Waals surface area contributed by atoms with Crippen molar-refractivity contribution in [2.75, 3.05) is 13.1 Å². The number of nitro benzene ring substituents is 1. The normalized spacial score (nSPS) is 15.0. The van der Waals surface area contributed by atoms with E-state index in [1.165, 1.54) is 18.6 Å². The molecule has 1 saturated heterocycles. The molecule has 0 aromatic heterocycles. The van der Waals surface area contributed by atoms with Gasteiger partial charge in [-0.05, 0) is 41.5 Å². The lowest BCUT2D eigenvalue weighted by molar-refractivity contribution is -0.384. The van der Waals surface area contributed by atoms with Crippen LogP contribution < -0.4 is 5.43 Å². The third-order valence-corrected chi connectivity index (χ3v) is 5.16. The molecule has 1 fully saturated rings. The van der Waals surface area contributed by atoms with Gasteiger partial charge in [0, 0.05) is 25.2 Å². The lowest BCUT2D eigenvalue weighted by Gasteiger charge is -2.26. The van der Waals surface area contributed by atoms with Crippen molar-refractivity contribution < 1.29 is 9.72 Å². The molecule has 2 aromatic carbocycles. The molecule has 6 heteroatoms. The van der Waals surface area contributed by atoms with Crippen LogP contribution in [0.4, 0.5) is 5.69 Å². The highest BCUT2D eigenvalue weighted by Crippen LogP contribution is 2.38. The Morgan fingerprint density at radius 3 is 2.52 bits per heavy atom. The number of nitrogens with one attached hydrogen (secondary N) is 1. The number of carbonyl (C=O) groups is 1. The van der Waals surface area contributed by atoms with E-state index in [2.05, 4.69) is 19.3 Å². The number of carbonyl (C=O) groups excluding carboxylic acids is 1. The van der Waals surface area contributed by atoms with E-state index in [0.29, 0.717) is 11.1 Å². The van der Waals surface area contributed by atoms with Gasteiger partial charge in [0.25, 0.3) is 11.6 Å². The molecular weight excluding hydrogens is 366 g/mol. The fourth-order valence-electron chi connectivity index (χ4n) is 3.73. The van der Waals surface area contributed by atoms with Crippen molar-refractivity contribution >= 4 is 17.7 Å². The van der Waals surface area contributed by atoms with Gasteiger partial charge in [-0.25, -0.2) is 5.01 Å². The van der Waals surface area contributed by atoms with Crippen molar-refractivity contribution in [1.29, 1.82) is 0 Å². The topological polar surface area (TPSA) is 75.5 Å². The summed E-state index contributed by atoms with van der Waals surface area (Å²) in [5.41, 5.74) is 5.99. The number of nitro groups is 1. The second-order valence-corrected chi connectivity index (χ2v) is 7.60. The summed E-state index contributed by atoms with van der Waals surface area (Å²) in [6, 6.07) is 12.7. The van der Waals surface area contributed by atoms with Gasteiger partial charge in [0.05, 0.1) is 10.5 Å². The zero-order valence-electron chi connectivity index (χ0n) is 16.9. The molecule has 0 unspecified atom stereocenters. The van der Waals surface area contributed by atoms with Gasteiger partial charge < -0.3 is 0 Å². The minimum absolute atomic E-state index is 0.0386. The van der Waals surface area contributed by atoms with Crippen LogP contribution in [0.3, 0.4) is 0 Å². The quantitative estimate of drug-likeness (QED) is 0.430. The summed E-state index contributed by atoms with van der Waals surface area (Å²) in [6.45, 7) is 5.83. The second kappa shape index (κ2) is 9.47. The van der Waals surface area contributed by atoms with Crippen LogP contribution in [0.1, 0.15) is 50.2 Å². The number of benzene rings is 2. The molecule has 0 atom stereocenters. The average Bonchev–Trinajstić information content (AvgIpc) is 2.72. The smallest absolute Gasteiger partial charge is 0.277 e. The lowest BCUT2D eigenvalue weighted by atomic mass is 9.89. The molecule has 1 aliphatic heterocycles. The fourth-order valence-corrected chi connectivity index (χ4v) is 3.73. The van der Waals surface area contributed by atoms with Crippen molar-refractivity contribution in [1.82, 2.24) is 10.4 Å². The third-order valence-electron chi connectivity index (χ3n) is 5.16. The highest BCUT2D eigenvalue weighted by atomic mass is 16.6. The summed E-state index contributed by atoms with van der Waals surface area (Å²) in [5.74, 6) is -0.00765. The number of rotatable bonds is 6. The molecule has 29 heavy (non-hydrogen) atoms. The largest absolute Gasteiger partial charge is 0.285 e. The number of hydrogen-bond acceptors (Lipinski definition) is 4. The maximum absolute atomic E-state index is 12.4. The van der Waals surface area contributed by atoms with E-state index in [-0.39, 0.29) is 22.4 Å². The van der Waals surface area contributed by atoms with E-state index in [1.807, 2.05) is 35.3 Å². The predicted octanol–water partition coefficient (Wildman–Crippen LogP) is 4.92. The van der Waals surface area contributed by atoms with E-state index in [1.54, 1.807) is 12.1 Å². The molecular formula is C23H27N3O3. The molecule has 1 aliphatic rings. The van der Waals surface area contributed by atoms with E-state index in [0.717, 1.165) is 37.1 Å². The molecule has 0 bridgehead atoms. The highest BCUT2D eigenvalue weighted by Gasteiger charge is 2.21. The zero-order chi connectivity index (χ0) is 20.8. The van der Waals surface area contributed by atoms with Crippen LogP contribution in [0.5, 0.6) is 0 Å². The van der Waals surface area contributed by atoms with Crippen LogP contribution in [0.25, 0.3) is 17.2 Å². The summed E-state index contributed by atoms with van der Waals surface area (Å²) in [4.78, 5) is 23.7. The van der Waals surface area contributed by atoms with Gasteiger partial charge in [-0.2, -0.15) is 0 Å². The van der Waals surface area contributed by atoms with Crippen LogP contribution >= 0.6 is 0 Å². The van der Waals surface area contributed by atoms with Gasteiger partial charge in [-0.15, -0.1) is 0 Å². The standard InChI is InChI=1S/C23H27N3O3/c1-17(2)19-10-4-5-11-20(19)23-18(9-8-12-21(23)26(28)29)13-14-22(27)24-25-15-6-3-7-16-25/h4-5,8-14,17H,3,6-7,15-16H2,1-2H3,(H,24,27)/b14-13+. The van der Waals surface area contributed by atoms with Crippen molar-refractivity contribution in [3.8, 4) is 11.1 Å². The van der Waals surface area contributed by atoms with Gasteiger partial charge in [-0.1, -0.05) is 56.7 Å². The maximum Gasteiger partial charge on any atom is 0.277 e. The molecule has 0 saturated carbocycles. The Labute approximate surface area is 171 Å². The second-order valence-electron chi connectivity index (χ2n) is 7.60. The summed E-state index contributed by atoms with van der Waals surface area (Å²) < 4.78 is 0. The van der Waals surface area contributed by atoms with Crippen molar-refractivity contribution in [2.24, 2.45) is 0 Å². The molecule has 152 valence electrons. The number of nitrogens with zero attached hydrogens (tertiary/aromatic N) is 2. The molecule has 1 N–H and O–H groups in total. The Balaban J connectivity index is 1.96. The van der Waals surface area contributed by atoms with Crippen molar-refractivity contribution in [3.63, 3.8) is 0 Å². The summed E-state index contributed by atoms with van der Waals surface area (Å²) in [7, 11) is 0. The minimum atomic E-state index is -0.364. The van der Waals surface area contributed by atoms with Crippen LogP contribution in [0.15, 0.2) is 48.5 Å². The Kier molecular flexibility index (Phi) is 6.77. The molecule has 0 aliphatic carbocycles. The fraction of sp³-hybridized carbons (Fsp3) is 0.348. The van der Waals surface area contributed by atoms with Gasteiger partial charge in [-0.3, -0.25) is 20.3 Å². The monoisotopic (exact) mass is 393 g/mol. The molecule has 0 spiro atoms. The first-order valence-electron chi connectivity index (χ1n) is 10.1. The summed E-state index contributed by atoms with van der Waals surface area (Å²) >= 11 is 0. The van der Waals surface area contributed by atoms with Crippen LogP contribution in [-0.4, -0.2) is 28.9 Å². The predicted molar refractivity (Wildman–Crippen MR) is 115 cm³/mol. The Morgan fingerprint density at radius 2 is 1.83 bits per heavy atom. The lowest BCUT2D eigenvalue weighted by Crippen LogP contribution is -2.44. The molecule has 1 amide bonds. The first-order valence-corrected chi connectivity index (χ1v) is 10.1. The van der Waals surface area contributed by atoms with Gasteiger partial charge in [0.2, 0.25) is 0 Å². The van der Waals surface area contributed by atoms with Crippen LogP contribution in [0, 0.1) is 10.1 Å².